The van der Waals surface area contributed by atoms with Crippen molar-refractivity contribution in [2.24, 2.45) is 0 Å². The topological polar surface area (TPSA) is 24.9 Å². The van der Waals surface area contributed by atoms with Crippen LogP contribution in [0.2, 0.25) is 0 Å². The van der Waals surface area contributed by atoms with Gasteiger partial charge in [-0.2, -0.15) is 0 Å². The first-order valence-electron chi connectivity index (χ1n) is 6.53. The Morgan fingerprint density at radius 2 is 1.80 bits per heavy atom. The third-order valence-electron chi connectivity index (χ3n) is 3.35. The second-order valence-electron chi connectivity index (χ2n) is 4.81. The molecule has 0 aliphatic heterocycles. The summed E-state index contributed by atoms with van der Waals surface area (Å²) >= 11 is 0. The molecular formula is C17H15FN2. The predicted molar refractivity (Wildman–Crippen MR) is 81.4 cm³/mol. The molecule has 3 aromatic rings. The van der Waals surface area contributed by atoms with Gasteiger partial charge in [-0.3, -0.25) is 0 Å². The Hall–Kier alpha value is -2.42. The fourth-order valence-corrected chi connectivity index (χ4v) is 2.38. The van der Waals surface area contributed by atoms with Gasteiger partial charge in [0, 0.05) is 23.7 Å². The van der Waals surface area contributed by atoms with Crippen molar-refractivity contribution in [1.82, 2.24) is 4.98 Å². The molecule has 1 heterocycles. The first-order chi connectivity index (χ1) is 9.69. The van der Waals surface area contributed by atoms with Gasteiger partial charge in [0.05, 0.1) is 5.69 Å². The van der Waals surface area contributed by atoms with Crippen LogP contribution in [0.1, 0.15) is 5.56 Å². The van der Waals surface area contributed by atoms with Gasteiger partial charge in [-0.05, 0) is 30.7 Å². The number of anilines is 1. The van der Waals surface area contributed by atoms with Crippen molar-refractivity contribution in [3.8, 4) is 11.3 Å². The molecule has 20 heavy (non-hydrogen) atoms. The number of aromatic nitrogens is 1. The smallest absolute Gasteiger partial charge is 0.149 e. The number of pyridine rings is 1. The van der Waals surface area contributed by atoms with Crippen molar-refractivity contribution >= 4 is 16.6 Å². The maximum Gasteiger partial charge on any atom is 0.149 e. The van der Waals surface area contributed by atoms with Crippen LogP contribution in [-0.4, -0.2) is 12.0 Å². The maximum absolute atomic E-state index is 14.2. The number of rotatable bonds is 2. The lowest BCUT2D eigenvalue weighted by atomic mass is 10.1. The molecule has 0 saturated heterocycles. The second kappa shape index (κ2) is 4.93. The van der Waals surface area contributed by atoms with Crippen molar-refractivity contribution < 1.29 is 4.39 Å². The van der Waals surface area contributed by atoms with E-state index in [1.807, 2.05) is 56.4 Å². The van der Waals surface area contributed by atoms with Gasteiger partial charge in [0.25, 0.3) is 0 Å². The normalized spacial score (nSPS) is 10.8. The monoisotopic (exact) mass is 266 g/mol. The number of hydrogen-bond acceptors (Lipinski definition) is 2. The molecule has 0 amide bonds. The molecule has 0 saturated carbocycles. The molecule has 1 N–H and O–H groups in total. The van der Waals surface area contributed by atoms with E-state index in [4.69, 9.17) is 0 Å². The van der Waals surface area contributed by atoms with Gasteiger partial charge < -0.3 is 5.32 Å². The summed E-state index contributed by atoms with van der Waals surface area (Å²) in [4.78, 5) is 4.48. The SMILES string of the molecule is CNc1cc(-c2ccccc2)nc2c(F)cc(C)cc12. The molecule has 0 radical (unpaired) electrons. The quantitative estimate of drug-likeness (QED) is 0.744. The standard InChI is InChI=1S/C17H15FN2/c1-11-8-13-16(19-2)10-15(12-6-4-3-5-7-12)20-17(13)14(18)9-11/h3-10H,1-2H3,(H,19,20). The van der Waals surface area contributed by atoms with Gasteiger partial charge in [-0.15, -0.1) is 0 Å². The first kappa shape index (κ1) is 12.6. The minimum absolute atomic E-state index is 0.283. The Morgan fingerprint density at radius 1 is 1.05 bits per heavy atom. The Morgan fingerprint density at radius 3 is 2.50 bits per heavy atom. The van der Waals surface area contributed by atoms with Crippen LogP contribution in [0.4, 0.5) is 10.1 Å². The minimum Gasteiger partial charge on any atom is -0.388 e. The summed E-state index contributed by atoms with van der Waals surface area (Å²) in [6, 6.07) is 15.2. The van der Waals surface area contributed by atoms with E-state index < -0.39 is 0 Å². The highest BCUT2D eigenvalue weighted by molar-refractivity contribution is 5.94. The van der Waals surface area contributed by atoms with E-state index in [1.165, 1.54) is 6.07 Å². The summed E-state index contributed by atoms with van der Waals surface area (Å²) in [5.41, 5.74) is 3.93. The average molecular weight is 266 g/mol. The highest BCUT2D eigenvalue weighted by atomic mass is 19.1. The molecule has 0 spiro atoms. The molecule has 100 valence electrons. The van der Waals surface area contributed by atoms with Gasteiger partial charge in [0.2, 0.25) is 0 Å². The van der Waals surface area contributed by atoms with Crippen LogP contribution in [0.25, 0.3) is 22.2 Å². The molecule has 1 aromatic heterocycles. The number of aryl methyl sites for hydroxylation is 1. The van der Waals surface area contributed by atoms with Gasteiger partial charge >= 0.3 is 0 Å². The minimum atomic E-state index is -0.283. The van der Waals surface area contributed by atoms with Crippen molar-refractivity contribution in [3.05, 3.63) is 59.9 Å². The van der Waals surface area contributed by atoms with Gasteiger partial charge in [-0.1, -0.05) is 30.3 Å². The first-order valence-corrected chi connectivity index (χ1v) is 6.53. The molecule has 2 aromatic carbocycles. The van der Waals surface area contributed by atoms with Crippen LogP contribution in [-0.2, 0) is 0 Å². The van der Waals surface area contributed by atoms with Gasteiger partial charge in [0.15, 0.2) is 0 Å². The summed E-state index contributed by atoms with van der Waals surface area (Å²) in [5, 5.41) is 3.94. The van der Waals surface area contributed by atoms with Crippen molar-refractivity contribution in [2.75, 3.05) is 12.4 Å². The van der Waals surface area contributed by atoms with E-state index in [-0.39, 0.29) is 5.82 Å². The van der Waals surface area contributed by atoms with E-state index in [0.717, 1.165) is 27.9 Å². The lowest BCUT2D eigenvalue weighted by Gasteiger charge is -2.11. The van der Waals surface area contributed by atoms with E-state index >= 15 is 0 Å². The molecule has 0 bridgehead atoms. The summed E-state index contributed by atoms with van der Waals surface area (Å²) in [6.45, 7) is 1.88. The van der Waals surface area contributed by atoms with Crippen molar-refractivity contribution in [1.29, 1.82) is 0 Å². The third-order valence-corrected chi connectivity index (χ3v) is 3.35. The van der Waals surface area contributed by atoms with Gasteiger partial charge in [0.1, 0.15) is 11.3 Å². The lowest BCUT2D eigenvalue weighted by molar-refractivity contribution is 0.636. The number of benzene rings is 2. The van der Waals surface area contributed by atoms with Crippen LogP contribution in [0.3, 0.4) is 0 Å². The maximum atomic E-state index is 14.2. The van der Waals surface area contributed by atoms with Crippen LogP contribution in [0.15, 0.2) is 48.5 Å². The zero-order valence-electron chi connectivity index (χ0n) is 11.4. The zero-order chi connectivity index (χ0) is 14.1. The Labute approximate surface area is 117 Å². The van der Waals surface area contributed by atoms with E-state index in [1.54, 1.807) is 0 Å². The van der Waals surface area contributed by atoms with Crippen molar-refractivity contribution in [3.63, 3.8) is 0 Å². The Bertz CT molecular complexity index is 767. The summed E-state index contributed by atoms with van der Waals surface area (Å²) < 4.78 is 14.2. The highest BCUT2D eigenvalue weighted by Gasteiger charge is 2.10. The highest BCUT2D eigenvalue weighted by Crippen LogP contribution is 2.30. The van der Waals surface area contributed by atoms with E-state index in [0.29, 0.717) is 5.52 Å². The molecule has 0 atom stereocenters. The number of halogens is 1. The molecule has 2 nitrogen and oxygen atoms in total. The lowest BCUT2D eigenvalue weighted by Crippen LogP contribution is -1.96. The molecule has 0 aliphatic carbocycles. The molecule has 3 heteroatoms. The molecule has 0 unspecified atom stereocenters. The second-order valence-corrected chi connectivity index (χ2v) is 4.81. The fourth-order valence-electron chi connectivity index (χ4n) is 2.38. The number of nitrogens with one attached hydrogen (secondary N) is 1. The molecular weight excluding hydrogens is 251 g/mol. The van der Waals surface area contributed by atoms with Crippen molar-refractivity contribution in [2.45, 2.75) is 6.92 Å². The molecule has 3 rings (SSSR count). The van der Waals surface area contributed by atoms with Gasteiger partial charge in [-0.25, -0.2) is 9.37 Å². The average Bonchev–Trinajstić information content (AvgIpc) is 2.47. The Kier molecular flexibility index (Phi) is 3.11. The van der Waals surface area contributed by atoms with Crippen LogP contribution >= 0.6 is 0 Å². The van der Waals surface area contributed by atoms with E-state index in [2.05, 4.69) is 10.3 Å². The van der Waals surface area contributed by atoms with E-state index in [9.17, 15) is 4.39 Å². The predicted octanol–water partition coefficient (Wildman–Crippen LogP) is 4.39. The van der Waals surface area contributed by atoms with Crippen LogP contribution in [0, 0.1) is 12.7 Å². The number of hydrogen-bond donors (Lipinski definition) is 1. The summed E-state index contributed by atoms with van der Waals surface area (Å²) in [7, 11) is 1.84. The molecule has 0 fully saturated rings. The Balaban J connectivity index is 2.32. The summed E-state index contributed by atoms with van der Waals surface area (Å²) in [6.07, 6.45) is 0. The number of fused-ring (bicyclic) bond motifs is 1. The molecule has 0 aliphatic rings. The van der Waals surface area contributed by atoms with Crippen LogP contribution < -0.4 is 5.32 Å². The number of nitrogens with zero attached hydrogens (tertiary/aromatic N) is 1. The summed E-state index contributed by atoms with van der Waals surface area (Å²) in [5.74, 6) is -0.283. The largest absolute Gasteiger partial charge is 0.388 e. The van der Waals surface area contributed by atoms with Crippen LogP contribution in [0.5, 0.6) is 0 Å². The fraction of sp³-hybridized carbons (Fsp3) is 0.118. The zero-order valence-corrected chi connectivity index (χ0v) is 11.4. The third kappa shape index (κ3) is 2.11.